The largest absolute Gasteiger partial charge is 0.493 e. The molecule has 136 valence electrons. The molecule has 1 aromatic carbocycles. The van der Waals surface area contributed by atoms with Gasteiger partial charge in [0.15, 0.2) is 17.2 Å². The standard InChI is InChI=1S/C18H25N3O4/c1-4-5-6-13(19)18-21-14(11-25-18)17(22)20-10-12-7-8-15(23-2)16(9-12)24-3/h7-9,11,13H,4-6,10,19H2,1-3H3,(H,20,22). The topological polar surface area (TPSA) is 99.6 Å². The van der Waals surface area contributed by atoms with Gasteiger partial charge in [-0.25, -0.2) is 4.98 Å². The number of rotatable bonds is 9. The number of benzene rings is 1. The van der Waals surface area contributed by atoms with Gasteiger partial charge in [-0.3, -0.25) is 4.79 Å². The predicted molar refractivity (Wildman–Crippen MR) is 93.7 cm³/mol. The maximum Gasteiger partial charge on any atom is 0.273 e. The van der Waals surface area contributed by atoms with Crippen LogP contribution in [0.25, 0.3) is 0 Å². The van der Waals surface area contributed by atoms with Gasteiger partial charge in [0.1, 0.15) is 6.26 Å². The smallest absolute Gasteiger partial charge is 0.273 e. The number of nitrogens with one attached hydrogen (secondary N) is 1. The summed E-state index contributed by atoms with van der Waals surface area (Å²) in [5, 5.41) is 2.80. The van der Waals surface area contributed by atoms with E-state index in [0.29, 0.717) is 23.9 Å². The molecule has 1 heterocycles. The SMILES string of the molecule is CCCCC(N)c1nc(C(=O)NCc2ccc(OC)c(OC)c2)co1. The molecule has 1 unspecified atom stereocenters. The Morgan fingerprint density at radius 1 is 1.32 bits per heavy atom. The molecule has 2 aromatic rings. The Hall–Kier alpha value is -2.54. The van der Waals surface area contributed by atoms with Crippen molar-refractivity contribution >= 4 is 5.91 Å². The van der Waals surface area contributed by atoms with E-state index in [0.717, 1.165) is 24.8 Å². The van der Waals surface area contributed by atoms with Crippen molar-refractivity contribution in [2.45, 2.75) is 38.8 Å². The molecule has 1 aromatic heterocycles. The van der Waals surface area contributed by atoms with Crippen molar-refractivity contribution in [1.82, 2.24) is 10.3 Å². The second-order valence-electron chi connectivity index (χ2n) is 5.69. The first-order valence-electron chi connectivity index (χ1n) is 8.29. The Labute approximate surface area is 147 Å². The Bertz CT molecular complexity index is 699. The Morgan fingerprint density at radius 3 is 2.76 bits per heavy atom. The second kappa shape index (κ2) is 9.08. The van der Waals surface area contributed by atoms with Crippen LogP contribution in [0.15, 0.2) is 28.9 Å². The van der Waals surface area contributed by atoms with Gasteiger partial charge in [-0.15, -0.1) is 0 Å². The monoisotopic (exact) mass is 347 g/mol. The van der Waals surface area contributed by atoms with Crippen molar-refractivity contribution < 1.29 is 18.7 Å². The first-order valence-corrected chi connectivity index (χ1v) is 8.29. The minimum absolute atomic E-state index is 0.224. The molecule has 1 atom stereocenters. The summed E-state index contributed by atoms with van der Waals surface area (Å²) < 4.78 is 15.8. The molecule has 0 spiro atoms. The summed E-state index contributed by atoms with van der Waals surface area (Å²) in [4.78, 5) is 16.4. The highest BCUT2D eigenvalue weighted by Crippen LogP contribution is 2.27. The maximum atomic E-state index is 12.2. The third-order valence-corrected chi connectivity index (χ3v) is 3.84. The fourth-order valence-corrected chi connectivity index (χ4v) is 2.37. The van der Waals surface area contributed by atoms with Crippen LogP contribution in [-0.4, -0.2) is 25.1 Å². The van der Waals surface area contributed by atoms with E-state index in [1.165, 1.54) is 6.26 Å². The Balaban J connectivity index is 1.95. The van der Waals surface area contributed by atoms with Crippen LogP contribution >= 0.6 is 0 Å². The minimum Gasteiger partial charge on any atom is -0.493 e. The molecule has 7 heteroatoms. The van der Waals surface area contributed by atoms with Crippen LogP contribution in [0.5, 0.6) is 11.5 Å². The number of ether oxygens (including phenoxy) is 2. The van der Waals surface area contributed by atoms with Crippen LogP contribution < -0.4 is 20.5 Å². The van der Waals surface area contributed by atoms with E-state index >= 15 is 0 Å². The van der Waals surface area contributed by atoms with E-state index in [4.69, 9.17) is 19.6 Å². The molecule has 0 radical (unpaired) electrons. The van der Waals surface area contributed by atoms with E-state index in [1.54, 1.807) is 20.3 Å². The maximum absolute atomic E-state index is 12.2. The third kappa shape index (κ3) is 4.96. The number of carbonyl (C=O) groups is 1. The fourth-order valence-electron chi connectivity index (χ4n) is 2.37. The number of amides is 1. The van der Waals surface area contributed by atoms with Crippen LogP contribution in [-0.2, 0) is 6.54 Å². The molecule has 0 saturated heterocycles. The van der Waals surface area contributed by atoms with Crippen LogP contribution in [0.2, 0.25) is 0 Å². The number of hydrogen-bond donors (Lipinski definition) is 2. The first kappa shape index (κ1) is 18.8. The predicted octanol–water partition coefficient (Wildman–Crippen LogP) is 2.81. The highest BCUT2D eigenvalue weighted by Gasteiger charge is 2.16. The zero-order chi connectivity index (χ0) is 18.2. The van der Waals surface area contributed by atoms with E-state index in [1.807, 2.05) is 12.1 Å². The van der Waals surface area contributed by atoms with Gasteiger partial charge in [0.25, 0.3) is 5.91 Å². The number of nitrogens with two attached hydrogens (primary N) is 1. The third-order valence-electron chi connectivity index (χ3n) is 3.84. The van der Waals surface area contributed by atoms with E-state index in [9.17, 15) is 4.79 Å². The second-order valence-corrected chi connectivity index (χ2v) is 5.69. The summed E-state index contributed by atoms with van der Waals surface area (Å²) in [5.74, 6) is 1.33. The van der Waals surface area contributed by atoms with Crippen molar-refractivity contribution in [3.63, 3.8) is 0 Å². The summed E-state index contributed by atoms with van der Waals surface area (Å²) in [7, 11) is 3.14. The van der Waals surface area contributed by atoms with Gasteiger partial charge >= 0.3 is 0 Å². The number of methoxy groups -OCH3 is 2. The molecule has 0 bridgehead atoms. The fraction of sp³-hybridized carbons (Fsp3) is 0.444. The number of carbonyl (C=O) groups excluding carboxylic acids is 1. The summed E-state index contributed by atoms with van der Waals surface area (Å²) in [6, 6.07) is 5.18. The van der Waals surface area contributed by atoms with Crippen molar-refractivity contribution in [2.75, 3.05) is 14.2 Å². The summed E-state index contributed by atoms with van der Waals surface area (Å²) in [6.07, 6.45) is 4.16. The lowest BCUT2D eigenvalue weighted by Crippen LogP contribution is -2.23. The summed E-state index contributed by atoms with van der Waals surface area (Å²) in [5.41, 5.74) is 7.11. The average molecular weight is 347 g/mol. The van der Waals surface area contributed by atoms with Gasteiger partial charge in [0.05, 0.1) is 20.3 Å². The Morgan fingerprint density at radius 2 is 2.08 bits per heavy atom. The molecule has 0 aliphatic carbocycles. The van der Waals surface area contributed by atoms with Gasteiger partial charge in [0, 0.05) is 6.54 Å². The Kier molecular flexibility index (Phi) is 6.82. The molecule has 1 amide bonds. The quantitative estimate of drug-likeness (QED) is 0.723. The molecule has 0 saturated carbocycles. The van der Waals surface area contributed by atoms with Gasteiger partial charge in [-0.2, -0.15) is 0 Å². The molecule has 0 aliphatic rings. The molecule has 0 aliphatic heterocycles. The summed E-state index contributed by atoms with van der Waals surface area (Å²) >= 11 is 0. The molecule has 2 rings (SSSR count). The van der Waals surface area contributed by atoms with Gasteiger partial charge in [-0.1, -0.05) is 25.8 Å². The van der Waals surface area contributed by atoms with Crippen LogP contribution in [0.1, 0.15) is 54.2 Å². The number of nitrogens with zero attached hydrogens (tertiary/aromatic N) is 1. The van der Waals surface area contributed by atoms with E-state index in [-0.39, 0.29) is 17.6 Å². The molecule has 0 fully saturated rings. The first-order chi connectivity index (χ1) is 12.1. The van der Waals surface area contributed by atoms with Gasteiger partial charge in [-0.05, 0) is 24.1 Å². The number of aromatic nitrogens is 1. The van der Waals surface area contributed by atoms with Crippen molar-refractivity contribution in [3.05, 3.63) is 41.6 Å². The van der Waals surface area contributed by atoms with Gasteiger partial charge in [0.2, 0.25) is 5.89 Å². The number of oxazole rings is 1. The van der Waals surface area contributed by atoms with Crippen molar-refractivity contribution in [1.29, 1.82) is 0 Å². The number of hydrogen-bond acceptors (Lipinski definition) is 6. The van der Waals surface area contributed by atoms with E-state index in [2.05, 4.69) is 17.2 Å². The van der Waals surface area contributed by atoms with Crippen LogP contribution in [0.4, 0.5) is 0 Å². The molecular formula is C18H25N3O4. The van der Waals surface area contributed by atoms with Crippen molar-refractivity contribution in [2.24, 2.45) is 5.73 Å². The minimum atomic E-state index is -0.313. The van der Waals surface area contributed by atoms with E-state index < -0.39 is 0 Å². The lowest BCUT2D eigenvalue weighted by molar-refractivity contribution is 0.0946. The zero-order valence-corrected chi connectivity index (χ0v) is 14.9. The van der Waals surface area contributed by atoms with Crippen LogP contribution in [0.3, 0.4) is 0 Å². The molecule has 7 nitrogen and oxygen atoms in total. The number of unbranched alkanes of at least 4 members (excludes halogenated alkanes) is 1. The lowest BCUT2D eigenvalue weighted by atomic mass is 10.1. The average Bonchev–Trinajstić information content (AvgIpc) is 3.14. The summed E-state index contributed by atoms with van der Waals surface area (Å²) in [6.45, 7) is 2.43. The van der Waals surface area contributed by atoms with Crippen molar-refractivity contribution in [3.8, 4) is 11.5 Å². The lowest BCUT2D eigenvalue weighted by Gasteiger charge is -2.10. The molecule has 3 N–H and O–H groups in total. The highest BCUT2D eigenvalue weighted by atomic mass is 16.5. The normalized spacial score (nSPS) is 11.8. The molecular weight excluding hydrogens is 322 g/mol. The van der Waals surface area contributed by atoms with Crippen LogP contribution in [0, 0.1) is 0 Å². The van der Waals surface area contributed by atoms with Gasteiger partial charge < -0.3 is 24.9 Å². The zero-order valence-electron chi connectivity index (χ0n) is 14.9. The molecule has 25 heavy (non-hydrogen) atoms. The highest BCUT2D eigenvalue weighted by molar-refractivity contribution is 5.91.